The van der Waals surface area contributed by atoms with E-state index in [1.54, 1.807) is 4.68 Å². The highest BCUT2D eigenvalue weighted by atomic mass is 28.4. The Morgan fingerprint density at radius 3 is 1.81 bits per heavy atom. The van der Waals surface area contributed by atoms with Crippen LogP contribution in [-0.2, 0) is 10.6 Å². The van der Waals surface area contributed by atoms with Gasteiger partial charge in [-0.3, -0.25) is 4.68 Å². The fraction of sp³-hybridized carbons (Fsp3) is 0.483. The molecule has 2 aliphatic carbocycles. The van der Waals surface area contributed by atoms with Crippen molar-refractivity contribution in [2.75, 3.05) is 0 Å². The zero-order chi connectivity index (χ0) is 25.9. The number of hydrogen-bond acceptors (Lipinski definition) is 2. The Morgan fingerprint density at radius 2 is 1.39 bits per heavy atom. The van der Waals surface area contributed by atoms with Crippen LogP contribution in [0.15, 0.2) is 66.7 Å². The van der Waals surface area contributed by atoms with Gasteiger partial charge in [-0.25, -0.2) is 0 Å². The number of benzene rings is 2. The van der Waals surface area contributed by atoms with E-state index in [1.165, 1.54) is 16.4 Å². The molecule has 3 nitrogen and oxygen atoms in total. The van der Waals surface area contributed by atoms with Crippen LogP contribution in [0.1, 0.15) is 70.8 Å². The van der Waals surface area contributed by atoms with Crippen molar-refractivity contribution < 1.29 is 17.6 Å². The van der Waals surface area contributed by atoms with Crippen molar-refractivity contribution in [1.29, 1.82) is 0 Å². The molecule has 2 fully saturated rings. The van der Waals surface area contributed by atoms with Gasteiger partial charge in [0.1, 0.15) is 0 Å². The van der Waals surface area contributed by atoms with Gasteiger partial charge in [0.2, 0.25) is 0 Å². The SMILES string of the molecule is CC(C)n1nc(C(F)(F)F)cc1C1C2CC(O[Si](c3ccccc3)(c3ccccc3)C(C)(C)C)CC21. The first kappa shape index (κ1) is 25.3. The van der Waals surface area contributed by atoms with Gasteiger partial charge in [-0.15, -0.1) is 0 Å². The van der Waals surface area contributed by atoms with Gasteiger partial charge in [-0.1, -0.05) is 81.4 Å². The first-order valence-electron chi connectivity index (χ1n) is 12.9. The van der Waals surface area contributed by atoms with E-state index in [0.29, 0.717) is 11.8 Å². The Labute approximate surface area is 212 Å². The average Bonchev–Trinajstić information content (AvgIpc) is 3.16. The highest BCUT2D eigenvalue weighted by molar-refractivity contribution is 6.99. The summed E-state index contributed by atoms with van der Waals surface area (Å²) >= 11 is 0. The van der Waals surface area contributed by atoms with E-state index in [2.05, 4.69) is 74.4 Å². The summed E-state index contributed by atoms with van der Waals surface area (Å²) in [5.41, 5.74) is -0.0486. The van der Waals surface area contributed by atoms with Crippen LogP contribution in [-0.4, -0.2) is 24.2 Å². The molecule has 7 heteroatoms. The van der Waals surface area contributed by atoms with E-state index >= 15 is 0 Å². The normalized spacial score (nSPS) is 24.2. The second-order valence-corrected chi connectivity index (χ2v) is 16.0. The molecular formula is C29H35F3N2OSi. The summed E-state index contributed by atoms with van der Waals surface area (Å²) in [6.45, 7) is 10.6. The molecule has 0 radical (unpaired) electrons. The zero-order valence-corrected chi connectivity index (χ0v) is 22.6. The first-order valence-corrected chi connectivity index (χ1v) is 14.8. The maximum Gasteiger partial charge on any atom is 0.435 e. The second-order valence-electron chi connectivity index (χ2n) is 11.7. The van der Waals surface area contributed by atoms with Gasteiger partial charge in [-0.2, -0.15) is 18.3 Å². The van der Waals surface area contributed by atoms with Crippen LogP contribution in [0.3, 0.4) is 0 Å². The highest BCUT2D eigenvalue weighted by Crippen LogP contribution is 2.64. The van der Waals surface area contributed by atoms with E-state index in [1.807, 2.05) is 26.0 Å². The highest BCUT2D eigenvalue weighted by Gasteiger charge is 2.61. The van der Waals surface area contributed by atoms with Crippen LogP contribution in [0.4, 0.5) is 13.2 Å². The molecule has 0 bridgehead atoms. The van der Waals surface area contributed by atoms with Crippen molar-refractivity contribution in [2.24, 2.45) is 11.8 Å². The Kier molecular flexibility index (Phi) is 6.23. The van der Waals surface area contributed by atoms with Crippen LogP contribution in [0.5, 0.6) is 0 Å². The van der Waals surface area contributed by atoms with E-state index in [-0.39, 0.29) is 23.1 Å². The summed E-state index contributed by atoms with van der Waals surface area (Å²) < 4.78 is 49.1. The Morgan fingerprint density at radius 1 is 0.889 bits per heavy atom. The fourth-order valence-electron chi connectivity index (χ4n) is 6.48. The molecule has 2 atom stereocenters. The van der Waals surface area contributed by atoms with Gasteiger partial charge in [0, 0.05) is 23.8 Å². The molecule has 5 rings (SSSR count). The summed E-state index contributed by atoms with van der Waals surface area (Å²) in [7, 11) is -2.64. The molecule has 1 heterocycles. The predicted octanol–water partition coefficient (Wildman–Crippen LogP) is 6.55. The van der Waals surface area contributed by atoms with Crippen LogP contribution in [0, 0.1) is 11.8 Å². The zero-order valence-electron chi connectivity index (χ0n) is 21.6. The van der Waals surface area contributed by atoms with E-state index in [4.69, 9.17) is 4.43 Å². The van der Waals surface area contributed by atoms with Crippen LogP contribution in [0.2, 0.25) is 5.04 Å². The lowest BCUT2D eigenvalue weighted by molar-refractivity contribution is -0.141. The van der Waals surface area contributed by atoms with Crippen molar-refractivity contribution >= 4 is 18.7 Å². The molecule has 0 amide bonds. The Balaban J connectivity index is 1.43. The van der Waals surface area contributed by atoms with Crippen molar-refractivity contribution in [3.63, 3.8) is 0 Å². The number of hydrogen-bond donors (Lipinski definition) is 0. The van der Waals surface area contributed by atoms with Gasteiger partial charge in [-0.05, 0) is 60.0 Å². The standard InChI is InChI=1S/C29H35F3N2OSi/c1-19(2)34-25(18-26(33-34)29(30,31)32)27-23-16-20(17-24(23)27)35-36(28(3,4)5,21-12-8-6-9-13-21)22-14-10-7-11-15-22/h6-15,18-20,23-24,27H,16-17H2,1-5H3. The Bertz CT molecular complexity index is 1150. The molecule has 2 saturated carbocycles. The molecule has 0 saturated heterocycles. The average molecular weight is 513 g/mol. The second kappa shape index (κ2) is 8.87. The quantitative estimate of drug-likeness (QED) is 0.350. The first-order chi connectivity index (χ1) is 16.9. The van der Waals surface area contributed by atoms with Gasteiger partial charge < -0.3 is 4.43 Å². The van der Waals surface area contributed by atoms with Gasteiger partial charge >= 0.3 is 6.18 Å². The lowest BCUT2D eigenvalue weighted by Gasteiger charge is -2.45. The molecule has 2 aromatic carbocycles. The molecule has 3 aromatic rings. The minimum absolute atomic E-state index is 0.0973. The van der Waals surface area contributed by atoms with Gasteiger partial charge in [0.15, 0.2) is 5.69 Å². The molecule has 0 N–H and O–H groups in total. The third kappa shape index (κ3) is 4.24. The van der Waals surface area contributed by atoms with E-state index in [0.717, 1.165) is 18.5 Å². The molecule has 36 heavy (non-hydrogen) atoms. The number of fused-ring (bicyclic) bond motifs is 1. The minimum atomic E-state index is -4.42. The molecule has 0 aliphatic heterocycles. The smallest absolute Gasteiger partial charge is 0.404 e. The molecule has 1 aromatic heterocycles. The number of rotatable bonds is 6. The van der Waals surface area contributed by atoms with Crippen LogP contribution in [0.25, 0.3) is 0 Å². The van der Waals surface area contributed by atoms with Gasteiger partial charge in [0.25, 0.3) is 8.32 Å². The third-order valence-electron chi connectivity index (χ3n) is 8.05. The molecule has 0 spiro atoms. The lowest BCUT2D eigenvalue weighted by atomic mass is 10.1. The number of aromatic nitrogens is 2. The topological polar surface area (TPSA) is 27.1 Å². The lowest BCUT2D eigenvalue weighted by Crippen LogP contribution is -2.67. The predicted molar refractivity (Wildman–Crippen MR) is 139 cm³/mol. The largest absolute Gasteiger partial charge is 0.435 e. The summed E-state index contributed by atoms with van der Waals surface area (Å²) in [4.78, 5) is 0. The van der Waals surface area contributed by atoms with Crippen molar-refractivity contribution in [2.45, 2.75) is 76.7 Å². The number of alkyl halides is 3. The monoisotopic (exact) mass is 512 g/mol. The van der Waals surface area contributed by atoms with Crippen molar-refractivity contribution in [1.82, 2.24) is 9.78 Å². The maximum atomic E-state index is 13.4. The fourth-order valence-corrected chi connectivity index (χ4v) is 11.2. The number of nitrogens with zero attached hydrogens (tertiary/aromatic N) is 2. The van der Waals surface area contributed by atoms with Crippen LogP contribution < -0.4 is 10.4 Å². The van der Waals surface area contributed by atoms with Crippen molar-refractivity contribution in [3.05, 3.63) is 78.1 Å². The Hall–Kier alpha value is -2.38. The van der Waals surface area contributed by atoms with Gasteiger partial charge in [0.05, 0.1) is 0 Å². The maximum absolute atomic E-state index is 13.4. The van der Waals surface area contributed by atoms with Crippen molar-refractivity contribution in [3.8, 4) is 0 Å². The summed E-state index contributed by atoms with van der Waals surface area (Å²) in [6, 6.07) is 22.4. The summed E-state index contributed by atoms with van der Waals surface area (Å²) in [6.07, 6.45) is -2.57. The summed E-state index contributed by atoms with van der Waals surface area (Å²) in [5.74, 6) is 0.835. The molecule has 192 valence electrons. The molecule has 2 aliphatic rings. The van der Waals surface area contributed by atoms with E-state index < -0.39 is 20.2 Å². The number of halogens is 3. The third-order valence-corrected chi connectivity index (χ3v) is 13.1. The molecular weight excluding hydrogens is 477 g/mol. The molecule has 2 unspecified atom stereocenters. The summed E-state index contributed by atoms with van der Waals surface area (Å²) in [5, 5.41) is 6.35. The van der Waals surface area contributed by atoms with Crippen LogP contribution >= 0.6 is 0 Å². The van der Waals surface area contributed by atoms with E-state index in [9.17, 15) is 13.2 Å². The minimum Gasteiger partial charge on any atom is -0.404 e.